The van der Waals surface area contributed by atoms with E-state index in [0.717, 1.165) is 5.69 Å². The minimum Gasteiger partial charge on any atom is -0.469 e. The molecule has 0 aromatic heterocycles. The first-order chi connectivity index (χ1) is 14.7. The van der Waals surface area contributed by atoms with Crippen molar-refractivity contribution in [1.82, 2.24) is 5.01 Å². The van der Waals surface area contributed by atoms with Crippen LogP contribution in [-0.4, -0.2) is 59.6 Å². The fourth-order valence-corrected chi connectivity index (χ4v) is 4.27. The molecule has 1 amide bonds. The van der Waals surface area contributed by atoms with Crippen LogP contribution in [0.25, 0.3) is 0 Å². The number of amides is 1. The topological polar surface area (TPSA) is 119 Å². The maximum atomic E-state index is 12.7. The molecule has 1 aromatic rings. The average molecular weight is 435 g/mol. The smallest absolute Gasteiger partial charge is 0.305 e. The van der Waals surface area contributed by atoms with Gasteiger partial charge in [-0.2, -0.15) is 0 Å². The highest BCUT2D eigenvalue weighted by atomic mass is 16.6. The van der Waals surface area contributed by atoms with Crippen molar-refractivity contribution in [2.75, 3.05) is 19.2 Å². The molecule has 10 nitrogen and oxygen atoms in total. The highest BCUT2D eigenvalue weighted by Crippen LogP contribution is 2.41. The molecule has 1 aromatic carbocycles. The number of hydrazine groups is 1. The summed E-state index contributed by atoms with van der Waals surface area (Å²) < 4.78 is 9.35. The number of rotatable bonds is 9. The molecule has 2 atom stereocenters. The number of carbonyl (C=O) groups is 3. The lowest BCUT2D eigenvalue weighted by Gasteiger charge is -2.39. The molecule has 2 rings (SSSR count). The van der Waals surface area contributed by atoms with E-state index < -0.39 is 28.4 Å². The van der Waals surface area contributed by atoms with Gasteiger partial charge in [0.25, 0.3) is 0 Å². The van der Waals surface area contributed by atoms with Gasteiger partial charge in [-0.3, -0.25) is 29.5 Å². The number of esters is 2. The minimum atomic E-state index is -1.73. The third kappa shape index (κ3) is 5.12. The summed E-state index contributed by atoms with van der Waals surface area (Å²) in [6.45, 7) is 3.24. The van der Waals surface area contributed by atoms with Gasteiger partial charge in [-0.05, 0) is 25.5 Å². The summed E-state index contributed by atoms with van der Waals surface area (Å²) in [6, 6.07) is 8.06. The molecule has 0 saturated carbocycles. The zero-order valence-electron chi connectivity index (χ0n) is 18.3. The predicted octanol–water partition coefficient (Wildman–Crippen LogP) is 2.34. The molecule has 1 aliphatic heterocycles. The molecule has 0 spiro atoms. The van der Waals surface area contributed by atoms with E-state index in [1.165, 1.54) is 26.2 Å². The van der Waals surface area contributed by atoms with Crippen molar-refractivity contribution in [2.24, 2.45) is 0 Å². The first kappa shape index (κ1) is 24.1. The zero-order valence-corrected chi connectivity index (χ0v) is 18.3. The van der Waals surface area contributed by atoms with Gasteiger partial charge >= 0.3 is 11.9 Å². The van der Waals surface area contributed by atoms with Crippen LogP contribution in [0.3, 0.4) is 0 Å². The Bertz CT molecular complexity index is 794. The van der Waals surface area contributed by atoms with Crippen molar-refractivity contribution in [1.29, 1.82) is 0 Å². The molecule has 10 heteroatoms. The summed E-state index contributed by atoms with van der Waals surface area (Å²) in [7, 11) is 2.42. The van der Waals surface area contributed by atoms with Crippen molar-refractivity contribution >= 4 is 23.5 Å². The number of methoxy groups -OCH3 is 2. The van der Waals surface area contributed by atoms with Crippen LogP contribution in [0.2, 0.25) is 0 Å². The number of anilines is 1. The first-order valence-corrected chi connectivity index (χ1v) is 10.1. The van der Waals surface area contributed by atoms with E-state index in [-0.39, 0.29) is 37.6 Å². The SMILES string of the molecule is COC(=O)CCC(CCC(=O)OC)(C1CC(C)N(c2ccccc2)N1C(C)=O)[N+](=O)[O-]. The van der Waals surface area contributed by atoms with Crippen LogP contribution in [0.5, 0.6) is 0 Å². The van der Waals surface area contributed by atoms with Crippen LogP contribution in [0.1, 0.15) is 46.0 Å². The summed E-state index contributed by atoms with van der Waals surface area (Å²) >= 11 is 0. The number of carbonyl (C=O) groups excluding carboxylic acids is 3. The Morgan fingerprint density at radius 1 is 1.10 bits per heavy atom. The van der Waals surface area contributed by atoms with E-state index in [0.29, 0.717) is 6.42 Å². The van der Waals surface area contributed by atoms with Crippen LogP contribution < -0.4 is 5.01 Å². The lowest BCUT2D eigenvalue weighted by Crippen LogP contribution is -2.59. The molecular formula is C21H29N3O7. The number of nitrogens with zero attached hydrogens (tertiary/aromatic N) is 3. The second kappa shape index (κ2) is 10.2. The van der Waals surface area contributed by atoms with Crippen molar-refractivity contribution in [3.8, 4) is 0 Å². The largest absolute Gasteiger partial charge is 0.469 e. The number of para-hydroxylation sites is 1. The molecule has 1 heterocycles. The first-order valence-electron chi connectivity index (χ1n) is 10.1. The third-order valence-electron chi connectivity index (χ3n) is 5.82. The van der Waals surface area contributed by atoms with Crippen molar-refractivity contribution < 1.29 is 28.8 Å². The van der Waals surface area contributed by atoms with E-state index in [4.69, 9.17) is 0 Å². The van der Waals surface area contributed by atoms with Gasteiger partial charge in [0.2, 0.25) is 11.4 Å². The summed E-state index contributed by atoms with van der Waals surface area (Å²) in [6.07, 6.45) is -0.458. The van der Waals surface area contributed by atoms with E-state index in [1.807, 2.05) is 37.3 Å². The maximum Gasteiger partial charge on any atom is 0.305 e. The van der Waals surface area contributed by atoms with Crippen LogP contribution in [0.15, 0.2) is 30.3 Å². The molecule has 170 valence electrons. The maximum absolute atomic E-state index is 12.7. The predicted molar refractivity (Wildman–Crippen MR) is 112 cm³/mol. The van der Waals surface area contributed by atoms with Gasteiger partial charge in [0, 0.05) is 24.7 Å². The molecule has 0 N–H and O–H groups in total. The fourth-order valence-electron chi connectivity index (χ4n) is 4.27. The lowest BCUT2D eigenvalue weighted by atomic mass is 9.79. The lowest BCUT2D eigenvalue weighted by molar-refractivity contribution is -0.580. The molecule has 1 fully saturated rings. The average Bonchev–Trinajstić information content (AvgIpc) is 3.11. The van der Waals surface area contributed by atoms with Crippen LogP contribution in [0, 0.1) is 10.1 Å². The number of nitro groups is 1. The van der Waals surface area contributed by atoms with Crippen LogP contribution in [0.4, 0.5) is 5.69 Å². The monoisotopic (exact) mass is 435 g/mol. The van der Waals surface area contributed by atoms with Gasteiger partial charge in [0.15, 0.2) is 0 Å². The van der Waals surface area contributed by atoms with Crippen molar-refractivity contribution in [3.05, 3.63) is 40.4 Å². The summed E-state index contributed by atoms with van der Waals surface area (Å²) in [5.74, 6) is -1.55. The molecule has 1 aliphatic rings. The molecule has 1 saturated heterocycles. The van der Waals surface area contributed by atoms with Gasteiger partial charge in [-0.25, -0.2) is 5.01 Å². The van der Waals surface area contributed by atoms with Gasteiger partial charge in [-0.1, -0.05) is 18.2 Å². The van der Waals surface area contributed by atoms with Gasteiger partial charge in [0.1, 0.15) is 6.04 Å². The normalized spacial score (nSPS) is 18.6. The number of hydrogen-bond donors (Lipinski definition) is 0. The fraction of sp³-hybridized carbons (Fsp3) is 0.571. The Morgan fingerprint density at radius 2 is 1.61 bits per heavy atom. The molecule has 0 aliphatic carbocycles. The summed E-state index contributed by atoms with van der Waals surface area (Å²) in [5, 5.41) is 15.6. The van der Waals surface area contributed by atoms with Crippen molar-refractivity contribution in [2.45, 2.75) is 63.6 Å². The highest BCUT2D eigenvalue weighted by molar-refractivity contribution is 5.77. The molecule has 0 radical (unpaired) electrons. The van der Waals surface area contributed by atoms with Crippen LogP contribution in [-0.2, 0) is 23.9 Å². The van der Waals surface area contributed by atoms with E-state index in [2.05, 4.69) is 9.47 Å². The standard InChI is InChI=1S/C21H29N3O7/c1-15-14-18(23(16(2)25)22(15)17-8-6-5-7-9-17)21(24(28)29,12-10-19(26)30-3)13-11-20(27)31-4/h5-9,15,18H,10-14H2,1-4H3. The summed E-state index contributed by atoms with van der Waals surface area (Å²) in [4.78, 5) is 48.4. The Hall–Kier alpha value is -3.17. The van der Waals surface area contributed by atoms with Gasteiger partial charge < -0.3 is 9.47 Å². The van der Waals surface area contributed by atoms with E-state index in [1.54, 1.807) is 5.01 Å². The van der Waals surface area contributed by atoms with Gasteiger partial charge in [-0.15, -0.1) is 0 Å². The highest BCUT2D eigenvalue weighted by Gasteiger charge is 2.58. The summed E-state index contributed by atoms with van der Waals surface area (Å²) in [5.41, 5.74) is -1.00. The van der Waals surface area contributed by atoms with E-state index >= 15 is 0 Å². The number of hydrogen-bond acceptors (Lipinski definition) is 8. The van der Waals surface area contributed by atoms with Crippen LogP contribution >= 0.6 is 0 Å². The molecule has 2 unspecified atom stereocenters. The quantitative estimate of drug-likeness (QED) is 0.329. The Balaban J connectivity index is 2.52. The second-order valence-corrected chi connectivity index (χ2v) is 7.66. The Morgan fingerprint density at radius 3 is 2.03 bits per heavy atom. The number of ether oxygens (including phenoxy) is 2. The molecule has 31 heavy (non-hydrogen) atoms. The number of benzene rings is 1. The Labute approximate surface area is 181 Å². The van der Waals surface area contributed by atoms with Gasteiger partial charge in [0.05, 0.1) is 38.8 Å². The zero-order chi connectivity index (χ0) is 23.2. The Kier molecular flexibility index (Phi) is 7.95. The third-order valence-corrected chi connectivity index (χ3v) is 5.82. The van der Waals surface area contributed by atoms with E-state index in [9.17, 15) is 24.5 Å². The second-order valence-electron chi connectivity index (χ2n) is 7.66. The molecular weight excluding hydrogens is 406 g/mol. The molecule has 0 bridgehead atoms. The van der Waals surface area contributed by atoms with Crippen molar-refractivity contribution in [3.63, 3.8) is 0 Å². The minimum absolute atomic E-state index is 0.173.